The molecule has 5 aliphatic heterocycles. The summed E-state index contributed by atoms with van der Waals surface area (Å²) < 4.78 is 6.04. The molecule has 5 heterocycles. The minimum absolute atomic E-state index is 0.0339. The first-order valence-electron chi connectivity index (χ1n) is 24.5. The van der Waals surface area contributed by atoms with Gasteiger partial charge in [-0.1, -0.05) is 6.92 Å². The number of nitrogens with one attached hydrogen (secondary N) is 2. The molecule has 4 N–H and O–H groups in total. The van der Waals surface area contributed by atoms with E-state index in [0.29, 0.717) is 30.2 Å². The van der Waals surface area contributed by atoms with Gasteiger partial charge in [-0.2, -0.15) is 0 Å². The summed E-state index contributed by atoms with van der Waals surface area (Å²) >= 11 is 0. The van der Waals surface area contributed by atoms with E-state index in [0.717, 1.165) is 130 Å². The highest BCUT2D eigenvalue weighted by molar-refractivity contribution is 5.73. The molecule has 5 saturated heterocycles. The molecule has 5 fully saturated rings. The van der Waals surface area contributed by atoms with Gasteiger partial charge in [0.05, 0.1) is 16.8 Å². The van der Waals surface area contributed by atoms with Crippen molar-refractivity contribution in [3.8, 4) is 0 Å². The van der Waals surface area contributed by atoms with Gasteiger partial charge in [0.15, 0.2) is 0 Å². The van der Waals surface area contributed by atoms with Crippen LogP contribution < -0.4 is 10.6 Å². The maximum Gasteiger partial charge on any atom is 0.217 e. The summed E-state index contributed by atoms with van der Waals surface area (Å²) in [7, 11) is 4.01. The molecular formula is C48H93N7O4. The van der Waals surface area contributed by atoms with E-state index in [2.05, 4.69) is 83.7 Å². The first-order chi connectivity index (χ1) is 27.8. The van der Waals surface area contributed by atoms with E-state index in [1.54, 1.807) is 6.92 Å². The zero-order chi connectivity index (χ0) is 43.1. The van der Waals surface area contributed by atoms with Crippen molar-refractivity contribution in [2.45, 2.75) is 223 Å². The molecule has 11 nitrogen and oxygen atoms in total. The predicted molar refractivity (Wildman–Crippen MR) is 243 cm³/mol. The Balaban J connectivity index is 1.31. The second kappa shape index (κ2) is 21.2. The molecule has 0 aromatic carbocycles. The molecule has 11 heteroatoms. The number of likely N-dealkylation sites (tertiary alicyclic amines) is 5. The van der Waals surface area contributed by atoms with Crippen molar-refractivity contribution in [3.05, 3.63) is 0 Å². The molecule has 0 aromatic heterocycles. The number of carbonyl (C=O) groups excluding carboxylic acids is 1. The maximum absolute atomic E-state index is 12.0. The lowest BCUT2D eigenvalue weighted by atomic mass is 9.85. The molecule has 344 valence electrons. The number of rotatable bonds is 19. The third-order valence-corrected chi connectivity index (χ3v) is 17.2. The van der Waals surface area contributed by atoms with E-state index in [1.165, 1.54) is 44.9 Å². The van der Waals surface area contributed by atoms with Gasteiger partial charge in [-0.25, -0.2) is 0 Å². The van der Waals surface area contributed by atoms with Crippen LogP contribution in [0.25, 0.3) is 0 Å². The van der Waals surface area contributed by atoms with Crippen molar-refractivity contribution in [1.29, 1.82) is 0 Å². The van der Waals surface area contributed by atoms with Gasteiger partial charge in [0.2, 0.25) is 5.91 Å². The van der Waals surface area contributed by atoms with Crippen molar-refractivity contribution in [3.63, 3.8) is 0 Å². The van der Waals surface area contributed by atoms with Crippen LogP contribution in [0.15, 0.2) is 0 Å². The number of piperidine rings is 5. The predicted octanol–water partition coefficient (Wildman–Crippen LogP) is 5.86. The first-order valence-corrected chi connectivity index (χ1v) is 24.5. The van der Waals surface area contributed by atoms with Crippen LogP contribution in [-0.4, -0.2) is 178 Å². The Kier molecular flexibility index (Phi) is 17.6. The average Bonchev–Trinajstić information content (AvgIpc) is 3.20. The van der Waals surface area contributed by atoms with E-state index in [9.17, 15) is 15.0 Å². The van der Waals surface area contributed by atoms with Gasteiger partial charge in [0.25, 0.3) is 0 Å². The second-order valence-corrected chi connectivity index (χ2v) is 21.7. The number of nitrogens with zero attached hydrogens (tertiary/aromatic N) is 5. The molecule has 0 bridgehead atoms. The molecule has 0 aliphatic carbocycles. The molecule has 0 radical (unpaired) electrons. The summed E-state index contributed by atoms with van der Waals surface area (Å²) in [5, 5.41) is 29.1. The molecule has 5 unspecified atom stereocenters. The van der Waals surface area contributed by atoms with Crippen LogP contribution in [0.1, 0.15) is 165 Å². The zero-order valence-electron chi connectivity index (χ0n) is 39.9. The highest BCUT2D eigenvalue weighted by atomic mass is 16.5. The molecule has 0 aromatic rings. The first kappa shape index (κ1) is 49.1. The number of amides is 1. The van der Waals surface area contributed by atoms with Crippen LogP contribution >= 0.6 is 0 Å². The van der Waals surface area contributed by atoms with Crippen LogP contribution in [0.4, 0.5) is 0 Å². The van der Waals surface area contributed by atoms with Gasteiger partial charge >= 0.3 is 0 Å². The van der Waals surface area contributed by atoms with Crippen molar-refractivity contribution in [1.82, 2.24) is 35.1 Å². The van der Waals surface area contributed by atoms with Gasteiger partial charge < -0.3 is 50.1 Å². The molecule has 0 saturated carbocycles. The average molecular weight is 832 g/mol. The normalized spacial score (nSPS) is 28.3. The highest BCUT2D eigenvalue weighted by Crippen LogP contribution is 2.35. The number of carbonyl (C=O) groups is 1. The summed E-state index contributed by atoms with van der Waals surface area (Å²) in [6.45, 7) is 28.1. The van der Waals surface area contributed by atoms with Gasteiger partial charge in [-0.05, 0) is 158 Å². The fourth-order valence-electron chi connectivity index (χ4n) is 11.6. The minimum Gasteiger partial charge on any atom is -0.390 e. The van der Waals surface area contributed by atoms with Crippen molar-refractivity contribution >= 4 is 5.91 Å². The highest BCUT2D eigenvalue weighted by Gasteiger charge is 2.39. The van der Waals surface area contributed by atoms with Crippen LogP contribution in [0, 0.1) is 0 Å². The number of hydrogen-bond donors (Lipinski definition) is 4. The van der Waals surface area contributed by atoms with E-state index >= 15 is 0 Å². The number of hydrogen-bond acceptors (Lipinski definition) is 10. The quantitative estimate of drug-likeness (QED) is 0.127. The van der Waals surface area contributed by atoms with Crippen LogP contribution in [-0.2, 0) is 9.53 Å². The summed E-state index contributed by atoms with van der Waals surface area (Å²) in [6.07, 6.45) is 18.0. The number of aliphatic hydroxyl groups is 2. The Morgan fingerprint density at radius 2 is 0.966 bits per heavy atom. The standard InChI is InChI=1S/C48H93N7O4/c1-11-48(58)24-34-55(35-25-48)43(37-38(2)51-26-16-44(5,49-9)17-27-51)15-13-41(53-32-22-47(8,59-10)23-33-53)12-14-42(54-30-20-46(7,57)21-31-54)36-39(3)52-28-18-45(6,19-29-52)50-40(4)56/h38-39,41-43,49,57-58H,11-37H2,1-10H3,(H,50,56). The Morgan fingerprint density at radius 3 is 1.37 bits per heavy atom. The Labute approximate surface area is 362 Å². The summed E-state index contributed by atoms with van der Waals surface area (Å²) in [6, 6.07) is 2.53. The molecular weight excluding hydrogens is 739 g/mol. The fourth-order valence-corrected chi connectivity index (χ4v) is 11.6. The molecule has 0 spiro atoms. The van der Waals surface area contributed by atoms with Crippen molar-refractivity contribution in [2.24, 2.45) is 0 Å². The van der Waals surface area contributed by atoms with Crippen LogP contribution in [0.2, 0.25) is 0 Å². The second-order valence-electron chi connectivity index (χ2n) is 21.7. The van der Waals surface area contributed by atoms with Gasteiger partial charge in [-0.15, -0.1) is 0 Å². The molecule has 59 heavy (non-hydrogen) atoms. The van der Waals surface area contributed by atoms with Gasteiger partial charge in [-0.3, -0.25) is 4.79 Å². The Morgan fingerprint density at radius 1 is 0.593 bits per heavy atom. The summed E-state index contributed by atoms with van der Waals surface area (Å²) in [4.78, 5) is 25.7. The number of methoxy groups -OCH3 is 1. The van der Waals surface area contributed by atoms with Crippen LogP contribution in [0.3, 0.4) is 0 Å². The molecule has 5 rings (SSSR count). The lowest BCUT2D eigenvalue weighted by molar-refractivity contribution is -0.121. The van der Waals surface area contributed by atoms with E-state index < -0.39 is 11.2 Å². The van der Waals surface area contributed by atoms with Crippen LogP contribution in [0.5, 0.6) is 0 Å². The van der Waals surface area contributed by atoms with E-state index in [1.807, 2.05) is 14.0 Å². The third kappa shape index (κ3) is 14.0. The van der Waals surface area contributed by atoms with Crippen molar-refractivity contribution < 1.29 is 19.7 Å². The lowest BCUT2D eigenvalue weighted by Crippen LogP contribution is -2.55. The molecule has 1 amide bonds. The maximum atomic E-state index is 12.0. The molecule has 5 aliphatic rings. The zero-order valence-corrected chi connectivity index (χ0v) is 39.9. The van der Waals surface area contributed by atoms with E-state index in [-0.39, 0.29) is 22.6 Å². The van der Waals surface area contributed by atoms with Crippen molar-refractivity contribution in [2.75, 3.05) is 79.6 Å². The largest absolute Gasteiger partial charge is 0.390 e. The monoisotopic (exact) mass is 832 g/mol. The smallest absolute Gasteiger partial charge is 0.217 e. The fraction of sp³-hybridized carbons (Fsp3) is 0.979. The summed E-state index contributed by atoms with van der Waals surface area (Å²) in [5.74, 6) is 0.0740. The van der Waals surface area contributed by atoms with Gasteiger partial charge in [0.1, 0.15) is 0 Å². The van der Waals surface area contributed by atoms with Gasteiger partial charge in [0, 0.05) is 121 Å². The van der Waals surface area contributed by atoms with E-state index in [4.69, 9.17) is 4.74 Å². The topological polar surface area (TPSA) is 107 Å². The number of ether oxygens (including phenoxy) is 1. The lowest BCUT2D eigenvalue weighted by Gasteiger charge is -2.47. The SMILES string of the molecule is CCC1(O)CCN(C(CCC(CCC(CC(C)N2CCC(C)(NC(C)=O)CC2)N2CCC(C)(O)CC2)N2CCC(C)(OC)CC2)CC(C)N2CCC(C)(NC)CC2)CC1. The Hall–Kier alpha value is -0.890. The molecule has 5 atom stereocenters. The minimum atomic E-state index is -0.563. The third-order valence-electron chi connectivity index (χ3n) is 17.2. The Bertz CT molecular complexity index is 1260. The summed E-state index contributed by atoms with van der Waals surface area (Å²) in [5.41, 5.74) is -0.962.